The Morgan fingerprint density at radius 3 is 2.20 bits per heavy atom. The maximum Gasteiger partial charge on any atom is 0.355 e. The van der Waals surface area contributed by atoms with Gasteiger partial charge in [0.25, 0.3) is 5.56 Å². The second-order valence-electron chi connectivity index (χ2n) is 8.06. The molecule has 0 fully saturated rings. The van der Waals surface area contributed by atoms with Crippen molar-refractivity contribution in [3.63, 3.8) is 0 Å². The number of esters is 2. The SMILES string of the molecule is COC(=O)CCc1ccc(Cn2c(C(=O)OC)c(-c3ccccc3)c3cc(Br)ccc3c2=O)cc1. The summed E-state index contributed by atoms with van der Waals surface area (Å²) in [5, 5.41) is 1.18. The van der Waals surface area contributed by atoms with Gasteiger partial charge in [-0.05, 0) is 46.7 Å². The molecule has 1 heterocycles. The van der Waals surface area contributed by atoms with Gasteiger partial charge in [0.05, 0.1) is 20.8 Å². The Balaban J connectivity index is 1.87. The molecule has 0 saturated carbocycles. The molecule has 178 valence electrons. The van der Waals surface area contributed by atoms with Crippen molar-refractivity contribution in [1.82, 2.24) is 4.57 Å². The quantitative estimate of drug-likeness (QED) is 0.298. The molecule has 0 radical (unpaired) electrons. The van der Waals surface area contributed by atoms with Crippen LogP contribution < -0.4 is 5.56 Å². The molecule has 0 bridgehead atoms. The molecule has 1 aromatic heterocycles. The Kier molecular flexibility index (Phi) is 7.46. The number of nitrogens with zero attached hydrogens (tertiary/aromatic N) is 1. The zero-order valence-corrected chi connectivity index (χ0v) is 21.0. The lowest BCUT2D eigenvalue weighted by atomic mass is 9.96. The maximum atomic E-state index is 13.6. The van der Waals surface area contributed by atoms with Crippen LogP contribution in [-0.4, -0.2) is 30.7 Å². The Bertz CT molecular complexity index is 1440. The van der Waals surface area contributed by atoms with Crippen molar-refractivity contribution in [3.05, 3.63) is 104 Å². The summed E-state index contributed by atoms with van der Waals surface area (Å²) in [6, 6.07) is 22.6. The van der Waals surface area contributed by atoms with E-state index in [0.29, 0.717) is 29.2 Å². The summed E-state index contributed by atoms with van der Waals surface area (Å²) in [5.74, 6) is -0.850. The normalized spacial score (nSPS) is 10.8. The van der Waals surface area contributed by atoms with Crippen molar-refractivity contribution < 1.29 is 19.1 Å². The van der Waals surface area contributed by atoms with E-state index in [9.17, 15) is 14.4 Å². The van der Waals surface area contributed by atoms with Gasteiger partial charge in [-0.2, -0.15) is 0 Å². The third-order valence-corrected chi connectivity index (χ3v) is 6.38. The first kappa shape index (κ1) is 24.4. The molecular formula is C28H24BrNO5. The predicted octanol–water partition coefficient (Wildman–Crippen LogP) is 5.37. The summed E-state index contributed by atoms with van der Waals surface area (Å²) >= 11 is 3.49. The number of hydrogen-bond acceptors (Lipinski definition) is 5. The highest BCUT2D eigenvalue weighted by Crippen LogP contribution is 2.33. The molecule has 0 atom stereocenters. The van der Waals surface area contributed by atoms with Gasteiger partial charge in [0, 0.05) is 21.8 Å². The third kappa shape index (κ3) is 5.20. The predicted molar refractivity (Wildman–Crippen MR) is 139 cm³/mol. The average molecular weight is 534 g/mol. The molecule has 0 spiro atoms. The average Bonchev–Trinajstić information content (AvgIpc) is 2.89. The van der Waals surface area contributed by atoms with Crippen molar-refractivity contribution in [3.8, 4) is 11.1 Å². The van der Waals surface area contributed by atoms with Gasteiger partial charge in [0.1, 0.15) is 5.69 Å². The topological polar surface area (TPSA) is 74.6 Å². The van der Waals surface area contributed by atoms with Crippen molar-refractivity contribution in [1.29, 1.82) is 0 Å². The number of carbonyl (C=O) groups excluding carboxylic acids is 2. The number of ether oxygens (including phenoxy) is 2. The van der Waals surface area contributed by atoms with E-state index < -0.39 is 5.97 Å². The van der Waals surface area contributed by atoms with E-state index in [-0.39, 0.29) is 23.8 Å². The number of aryl methyl sites for hydroxylation is 1. The van der Waals surface area contributed by atoms with Gasteiger partial charge in [0.15, 0.2) is 0 Å². The minimum Gasteiger partial charge on any atom is -0.469 e. The van der Waals surface area contributed by atoms with E-state index in [1.165, 1.54) is 18.8 Å². The Hall–Kier alpha value is -3.71. The van der Waals surface area contributed by atoms with E-state index in [0.717, 1.165) is 21.2 Å². The zero-order valence-electron chi connectivity index (χ0n) is 19.4. The Labute approximate surface area is 211 Å². The Morgan fingerprint density at radius 2 is 1.54 bits per heavy atom. The van der Waals surface area contributed by atoms with E-state index in [2.05, 4.69) is 15.9 Å². The lowest BCUT2D eigenvalue weighted by molar-refractivity contribution is -0.140. The lowest BCUT2D eigenvalue weighted by Gasteiger charge is -2.19. The van der Waals surface area contributed by atoms with E-state index in [1.807, 2.05) is 66.7 Å². The second-order valence-corrected chi connectivity index (χ2v) is 8.97. The minimum atomic E-state index is -0.586. The van der Waals surface area contributed by atoms with E-state index >= 15 is 0 Å². The van der Waals surface area contributed by atoms with Crippen molar-refractivity contribution >= 4 is 38.6 Å². The van der Waals surface area contributed by atoms with Crippen molar-refractivity contribution in [2.45, 2.75) is 19.4 Å². The summed E-state index contributed by atoms with van der Waals surface area (Å²) < 4.78 is 12.1. The van der Waals surface area contributed by atoms with Crippen LogP contribution in [0.1, 0.15) is 28.0 Å². The molecule has 0 amide bonds. The number of benzene rings is 3. The maximum absolute atomic E-state index is 13.6. The monoisotopic (exact) mass is 533 g/mol. The largest absolute Gasteiger partial charge is 0.469 e. The smallest absolute Gasteiger partial charge is 0.355 e. The standard InChI is InChI=1S/C28H24BrNO5/c1-34-24(31)15-12-18-8-10-19(11-9-18)17-30-26(28(33)35-2)25(20-6-4-3-5-7-20)23-16-21(29)13-14-22(23)27(30)32/h3-11,13-14,16H,12,15,17H2,1-2H3. The summed E-state index contributed by atoms with van der Waals surface area (Å²) in [5.41, 5.74) is 3.19. The molecule has 7 heteroatoms. The summed E-state index contributed by atoms with van der Waals surface area (Å²) in [7, 11) is 2.68. The van der Waals surface area contributed by atoms with Crippen LogP contribution in [0.15, 0.2) is 82.1 Å². The van der Waals surface area contributed by atoms with Crippen molar-refractivity contribution in [2.24, 2.45) is 0 Å². The fourth-order valence-corrected chi connectivity index (χ4v) is 4.48. The van der Waals surface area contributed by atoms with Crippen molar-refractivity contribution in [2.75, 3.05) is 14.2 Å². The van der Waals surface area contributed by atoms with Crippen LogP contribution >= 0.6 is 15.9 Å². The van der Waals surface area contributed by atoms with E-state index in [1.54, 1.807) is 6.07 Å². The molecule has 0 aliphatic carbocycles. The van der Waals surface area contributed by atoms with Crippen LogP contribution in [0.25, 0.3) is 21.9 Å². The molecule has 0 unspecified atom stereocenters. The van der Waals surface area contributed by atoms with Gasteiger partial charge in [-0.1, -0.05) is 70.5 Å². The van der Waals surface area contributed by atoms with Crippen LogP contribution in [0.2, 0.25) is 0 Å². The van der Waals surface area contributed by atoms with Crippen LogP contribution in [-0.2, 0) is 27.2 Å². The lowest BCUT2D eigenvalue weighted by Crippen LogP contribution is -2.28. The summed E-state index contributed by atoms with van der Waals surface area (Å²) in [4.78, 5) is 38.2. The molecular weight excluding hydrogens is 510 g/mol. The first-order valence-corrected chi connectivity index (χ1v) is 11.9. The number of methoxy groups -OCH3 is 2. The number of rotatable bonds is 7. The first-order chi connectivity index (χ1) is 16.9. The molecule has 35 heavy (non-hydrogen) atoms. The van der Waals surface area contributed by atoms with Crippen LogP contribution in [0.5, 0.6) is 0 Å². The summed E-state index contributed by atoms with van der Waals surface area (Å²) in [6.45, 7) is 0.187. The fraction of sp³-hybridized carbons (Fsp3) is 0.179. The first-order valence-electron chi connectivity index (χ1n) is 11.1. The number of aromatic nitrogens is 1. The van der Waals surface area contributed by atoms with Gasteiger partial charge >= 0.3 is 11.9 Å². The molecule has 0 aliphatic rings. The molecule has 0 aliphatic heterocycles. The second kappa shape index (κ2) is 10.7. The highest BCUT2D eigenvalue weighted by atomic mass is 79.9. The molecule has 4 aromatic rings. The van der Waals surface area contributed by atoms with Crippen LogP contribution in [0.3, 0.4) is 0 Å². The molecule has 6 nitrogen and oxygen atoms in total. The molecule has 0 N–H and O–H groups in total. The van der Waals surface area contributed by atoms with Gasteiger partial charge < -0.3 is 9.47 Å². The molecule has 4 rings (SSSR count). The van der Waals surface area contributed by atoms with Crippen LogP contribution in [0, 0.1) is 0 Å². The van der Waals surface area contributed by atoms with Gasteiger partial charge in [-0.15, -0.1) is 0 Å². The fourth-order valence-electron chi connectivity index (χ4n) is 4.12. The number of hydrogen-bond donors (Lipinski definition) is 0. The summed E-state index contributed by atoms with van der Waals surface area (Å²) in [6.07, 6.45) is 0.853. The number of carbonyl (C=O) groups is 2. The van der Waals surface area contributed by atoms with Gasteiger partial charge in [0.2, 0.25) is 0 Å². The molecule has 0 saturated heterocycles. The van der Waals surface area contributed by atoms with E-state index in [4.69, 9.17) is 9.47 Å². The number of halogens is 1. The highest BCUT2D eigenvalue weighted by molar-refractivity contribution is 9.10. The number of pyridine rings is 1. The Morgan fingerprint density at radius 1 is 0.857 bits per heavy atom. The third-order valence-electron chi connectivity index (χ3n) is 5.88. The van der Waals surface area contributed by atoms with Gasteiger partial charge in [-0.25, -0.2) is 4.79 Å². The van der Waals surface area contributed by atoms with Gasteiger partial charge in [-0.3, -0.25) is 14.2 Å². The minimum absolute atomic E-state index is 0.187. The zero-order chi connectivity index (χ0) is 24.9. The number of fused-ring (bicyclic) bond motifs is 1. The van der Waals surface area contributed by atoms with Crippen LogP contribution in [0.4, 0.5) is 0 Å². The molecule has 3 aromatic carbocycles. The highest BCUT2D eigenvalue weighted by Gasteiger charge is 2.24.